The fourth-order valence-electron chi connectivity index (χ4n) is 1.90. The average Bonchev–Trinajstić information content (AvgIpc) is 2.26. The number of hydrogen-bond donors (Lipinski definition) is 0. The van der Waals surface area contributed by atoms with Gasteiger partial charge in [-0.3, -0.25) is 0 Å². The standard InChI is InChI=1S/C15H32O2/c1-6-7-12-17-15(3,4)11-8-9-14(2)10-13-16-5/h14H,6-13H2,1-5H3. The van der Waals surface area contributed by atoms with Crippen LogP contribution in [0.5, 0.6) is 0 Å². The second kappa shape index (κ2) is 9.90. The first-order chi connectivity index (χ1) is 8.02. The van der Waals surface area contributed by atoms with Gasteiger partial charge in [-0.2, -0.15) is 0 Å². The molecule has 0 saturated heterocycles. The van der Waals surface area contributed by atoms with Crippen LogP contribution in [0.2, 0.25) is 0 Å². The lowest BCUT2D eigenvalue weighted by Gasteiger charge is -2.26. The smallest absolute Gasteiger partial charge is 0.0626 e. The number of rotatable bonds is 11. The molecule has 2 nitrogen and oxygen atoms in total. The number of unbranched alkanes of at least 4 members (excludes halogenated alkanes) is 1. The number of methoxy groups -OCH3 is 1. The molecule has 17 heavy (non-hydrogen) atoms. The summed E-state index contributed by atoms with van der Waals surface area (Å²) in [6, 6.07) is 0. The normalized spacial score (nSPS) is 13.9. The molecule has 0 rings (SSSR count). The summed E-state index contributed by atoms with van der Waals surface area (Å²) in [6.45, 7) is 10.7. The summed E-state index contributed by atoms with van der Waals surface area (Å²) in [6.07, 6.45) is 7.26. The molecule has 104 valence electrons. The SMILES string of the molecule is CCCCOC(C)(C)CCCC(C)CCOC. The van der Waals surface area contributed by atoms with Crippen molar-refractivity contribution in [1.82, 2.24) is 0 Å². The molecule has 0 aliphatic carbocycles. The molecule has 0 heterocycles. The minimum absolute atomic E-state index is 0.0517. The molecule has 0 N–H and O–H groups in total. The summed E-state index contributed by atoms with van der Waals surface area (Å²) in [5.74, 6) is 0.765. The first kappa shape index (κ1) is 16.9. The lowest BCUT2D eigenvalue weighted by molar-refractivity contribution is -0.0267. The van der Waals surface area contributed by atoms with Gasteiger partial charge in [-0.15, -0.1) is 0 Å². The van der Waals surface area contributed by atoms with Gasteiger partial charge in [0.05, 0.1) is 5.60 Å². The van der Waals surface area contributed by atoms with Crippen LogP contribution in [0.4, 0.5) is 0 Å². The molecule has 0 aromatic heterocycles. The van der Waals surface area contributed by atoms with Crippen LogP contribution in [-0.4, -0.2) is 25.9 Å². The monoisotopic (exact) mass is 244 g/mol. The van der Waals surface area contributed by atoms with Crippen molar-refractivity contribution in [2.45, 2.75) is 71.8 Å². The van der Waals surface area contributed by atoms with Crippen LogP contribution in [0, 0.1) is 5.92 Å². The van der Waals surface area contributed by atoms with Gasteiger partial charge in [0.15, 0.2) is 0 Å². The van der Waals surface area contributed by atoms with Gasteiger partial charge in [0, 0.05) is 20.3 Å². The topological polar surface area (TPSA) is 18.5 Å². The van der Waals surface area contributed by atoms with E-state index in [0.29, 0.717) is 0 Å². The maximum atomic E-state index is 5.91. The molecule has 0 aromatic carbocycles. The van der Waals surface area contributed by atoms with Crippen molar-refractivity contribution in [3.05, 3.63) is 0 Å². The van der Waals surface area contributed by atoms with E-state index in [9.17, 15) is 0 Å². The Morgan fingerprint density at radius 2 is 1.76 bits per heavy atom. The molecule has 0 amide bonds. The first-order valence-electron chi connectivity index (χ1n) is 7.14. The summed E-state index contributed by atoms with van der Waals surface area (Å²) in [5.41, 5.74) is 0.0517. The van der Waals surface area contributed by atoms with Crippen molar-refractivity contribution in [3.63, 3.8) is 0 Å². The van der Waals surface area contributed by atoms with Crippen molar-refractivity contribution in [2.24, 2.45) is 5.92 Å². The van der Waals surface area contributed by atoms with Gasteiger partial charge in [0.25, 0.3) is 0 Å². The molecule has 1 unspecified atom stereocenters. The molecule has 0 aliphatic heterocycles. The van der Waals surface area contributed by atoms with E-state index in [2.05, 4.69) is 27.7 Å². The largest absolute Gasteiger partial charge is 0.385 e. The lowest BCUT2D eigenvalue weighted by atomic mass is 9.95. The third kappa shape index (κ3) is 10.8. The molecule has 0 fully saturated rings. The molecule has 0 aromatic rings. The molecule has 0 radical (unpaired) electrons. The zero-order chi connectivity index (χ0) is 13.1. The van der Waals surface area contributed by atoms with Crippen LogP contribution in [0.15, 0.2) is 0 Å². The Morgan fingerprint density at radius 1 is 1.06 bits per heavy atom. The Morgan fingerprint density at radius 3 is 2.35 bits per heavy atom. The highest BCUT2D eigenvalue weighted by molar-refractivity contribution is 4.69. The molecule has 2 heteroatoms. The molecular weight excluding hydrogens is 212 g/mol. The predicted molar refractivity (Wildman–Crippen MR) is 74.4 cm³/mol. The van der Waals surface area contributed by atoms with E-state index >= 15 is 0 Å². The van der Waals surface area contributed by atoms with Gasteiger partial charge in [-0.05, 0) is 39.0 Å². The number of hydrogen-bond acceptors (Lipinski definition) is 2. The van der Waals surface area contributed by atoms with Crippen molar-refractivity contribution in [3.8, 4) is 0 Å². The van der Waals surface area contributed by atoms with E-state index in [4.69, 9.17) is 9.47 Å². The van der Waals surface area contributed by atoms with E-state index in [1.165, 1.54) is 32.1 Å². The Kier molecular flexibility index (Phi) is 9.85. The third-order valence-corrected chi connectivity index (χ3v) is 3.28. The van der Waals surface area contributed by atoms with Crippen molar-refractivity contribution >= 4 is 0 Å². The summed E-state index contributed by atoms with van der Waals surface area (Å²) in [5, 5.41) is 0. The second-order valence-corrected chi connectivity index (χ2v) is 5.74. The van der Waals surface area contributed by atoms with E-state index in [1.807, 2.05) is 0 Å². The lowest BCUT2D eigenvalue weighted by Crippen LogP contribution is -2.25. The van der Waals surface area contributed by atoms with Gasteiger partial charge >= 0.3 is 0 Å². The van der Waals surface area contributed by atoms with Crippen molar-refractivity contribution in [1.29, 1.82) is 0 Å². The zero-order valence-corrected chi connectivity index (χ0v) is 12.6. The minimum atomic E-state index is 0.0517. The molecular formula is C15H32O2. The molecule has 1 atom stereocenters. The van der Waals surface area contributed by atoms with Crippen LogP contribution in [0.25, 0.3) is 0 Å². The predicted octanol–water partition coefficient (Wildman–Crippen LogP) is 4.42. The fourth-order valence-corrected chi connectivity index (χ4v) is 1.90. The van der Waals surface area contributed by atoms with E-state index in [1.54, 1.807) is 7.11 Å². The fraction of sp³-hybridized carbons (Fsp3) is 1.00. The highest BCUT2D eigenvalue weighted by atomic mass is 16.5. The highest BCUT2D eigenvalue weighted by Crippen LogP contribution is 2.21. The van der Waals surface area contributed by atoms with E-state index in [0.717, 1.165) is 25.6 Å². The van der Waals surface area contributed by atoms with Gasteiger partial charge in [-0.1, -0.05) is 33.1 Å². The Hall–Kier alpha value is -0.0800. The quantitative estimate of drug-likeness (QED) is 0.501. The van der Waals surface area contributed by atoms with E-state index < -0.39 is 0 Å². The average molecular weight is 244 g/mol. The number of ether oxygens (including phenoxy) is 2. The molecule has 0 aliphatic rings. The summed E-state index contributed by atoms with van der Waals surface area (Å²) in [7, 11) is 1.78. The van der Waals surface area contributed by atoms with Gasteiger partial charge < -0.3 is 9.47 Å². The third-order valence-electron chi connectivity index (χ3n) is 3.28. The zero-order valence-electron chi connectivity index (χ0n) is 12.6. The van der Waals surface area contributed by atoms with Gasteiger partial charge in [-0.25, -0.2) is 0 Å². The van der Waals surface area contributed by atoms with Crippen LogP contribution in [0.3, 0.4) is 0 Å². The van der Waals surface area contributed by atoms with Crippen molar-refractivity contribution in [2.75, 3.05) is 20.3 Å². The summed E-state index contributed by atoms with van der Waals surface area (Å²) in [4.78, 5) is 0. The van der Waals surface area contributed by atoms with Crippen molar-refractivity contribution < 1.29 is 9.47 Å². The maximum Gasteiger partial charge on any atom is 0.0626 e. The minimum Gasteiger partial charge on any atom is -0.385 e. The van der Waals surface area contributed by atoms with Crippen LogP contribution in [-0.2, 0) is 9.47 Å². The molecule has 0 saturated carbocycles. The van der Waals surface area contributed by atoms with Gasteiger partial charge in [0.1, 0.15) is 0 Å². The van der Waals surface area contributed by atoms with Crippen LogP contribution in [0.1, 0.15) is 66.2 Å². The Bertz CT molecular complexity index is 166. The van der Waals surface area contributed by atoms with Gasteiger partial charge in [0.2, 0.25) is 0 Å². The summed E-state index contributed by atoms with van der Waals surface area (Å²) >= 11 is 0. The van der Waals surface area contributed by atoms with Crippen LogP contribution < -0.4 is 0 Å². The maximum absolute atomic E-state index is 5.91. The second-order valence-electron chi connectivity index (χ2n) is 5.74. The Balaban J connectivity index is 3.56. The first-order valence-corrected chi connectivity index (χ1v) is 7.14. The molecule has 0 spiro atoms. The Labute approximate surface area is 108 Å². The summed E-state index contributed by atoms with van der Waals surface area (Å²) < 4.78 is 11.0. The van der Waals surface area contributed by atoms with E-state index in [-0.39, 0.29) is 5.60 Å². The highest BCUT2D eigenvalue weighted by Gasteiger charge is 2.17. The molecule has 0 bridgehead atoms. The van der Waals surface area contributed by atoms with Crippen LogP contribution >= 0.6 is 0 Å².